The minimum Gasteiger partial charge on any atom is -0.493 e. The molecule has 0 aliphatic heterocycles. The summed E-state index contributed by atoms with van der Waals surface area (Å²) >= 11 is 0. The lowest BCUT2D eigenvalue weighted by atomic mass is 9.91. The highest BCUT2D eigenvalue weighted by Gasteiger charge is 2.30. The third kappa shape index (κ3) is 9.38. The number of ether oxygens (including phenoxy) is 3. The van der Waals surface area contributed by atoms with Crippen LogP contribution in [0.1, 0.15) is 80.9 Å². The Labute approximate surface area is 281 Å². The first kappa shape index (κ1) is 34.9. The van der Waals surface area contributed by atoms with E-state index in [9.17, 15) is 9.59 Å². The zero-order valence-electron chi connectivity index (χ0n) is 29.6. The predicted molar refractivity (Wildman–Crippen MR) is 190 cm³/mol. The zero-order valence-corrected chi connectivity index (χ0v) is 30.6. The summed E-state index contributed by atoms with van der Waals surface area (Å²) < 4.78 is 20.2. The maximum absolute atomic E-state index is 14.1. The van der Waals surface area contributed by atoms with E-state index < -0.39 is 19.8 Å². The van der Waals surface area contributed by atoms with Gasteiger partial charge < -0.3 is 29.4 Å². The topological polar surface area (TPSA) is 104 Å². The van der Waals surface area contributed by atoms with Crippen molar-refractivity contribution in [2.75, 3.05) is 13.2 Å². The number of nitrogens with zero attached hydrogens (tertiary/aromatic N) is 2. The fraction of sp³-hybridized carbons (Fsp3) is 0.595. The SMILES string of the molecule is Cc1ccc(OCC2CC2)c(-c2ccnc3c(C(=O)NC4CCC(NC(=O)OC(C)(C)C)CC4)c(C)n(COCC[Si](C)(C)C)c23)c1. The molecule has 3 aromatic rings. The van der Waals surface area contributed by atoms with E-state index in [-0.39, 0.29) is 18.0 Å². The number of hydrogen-bond acceptors (Lipinski definition) is 6. The van der Waals surface area contributed by atoms with Gasteiger partial charge in [-0.2, -0.15) is 0 Å². The Morgan fingerprint density at radius 3 is 2.28 bits per heavy atom. The van der Waals surface area contributed by atoms with Crippen molar-refractivity contribution < 1.29 is 23.8 Å². The summed E-state index contributed by atoms with van der Waals surface area (Å²) in [6.07, 6.45) is 6.93. The average Bonchev–Trinajstić information content (AvgIpc) is 3.76. The normalized spacial score (nSPS) is 18.6. The van der Waals surface area contributed by atoms with Gasteiger partial charge in [0.15, 0.2) is 0 Å². The summed E-state index contributed by atoms with van der Waals surface area (Å²) in [5.41, 5.74) is 5.55. The molecule has 2 aliphatic carbocycles. The van der Waals surface area contributed by atoms with Crippen molar-refractivity contribution in [3.63, 3.8) is 0 Å². The molecule has 2 N–H and O–H groups in total. The lowest BCUT2D eigenvalue weighted by Crippen LogP contribution is -2.45. The van der Waals surface area contributed by atoms with Crippen LogP contribution in [0.3, 0.4) is 0 Å². The smallest absolute Gasteiger partial charge is 0.407 e. The third-order valence-corrected chi connectivity index (χ3v) is 10.7. The number of hydrogen-bond donors (Lipinski definition) is 2. The van der Waals surface area contributed by atoms with E-state index in [2.05, 4.69) is 60.0 Å². The van der Waals surface area contributed by atoms with Crippen molar-refractivity contribution in [2.45, 2.75) is 123 Å². The van der Waals surface area contributed by atoms with Gasteiger partial charge in [-0.15, -0.1) is 0 Å². The molecule has 9 nitrogen and oxygen atoms in total. The number of fused-ring (bicyclic) bond motifs is 1. The van der Waals surface area contributed by atoms with Gasteiger partial charge in [-0.05, 0) is 103 Å². The minimum absolute atomic E-state index is 0.00682. The van der Waals surface area contributed by atoms with Crippen LogP contribution in [0.2, 0.25) is 25.7 Å². The van der Waals surface area contributed by atoms with Crippen LogP contribution in [0.4, 0.5) is 4.79 Å². The molecule has 10 heteroatoms. The first-order valence-electron chi connectivity index (χ1n) is 17.3. The van der Waals surface area contributed by atoms with E-state index in [1.165, 1.54) is 12.8 Å². The van der Waals surface area contributed by atoms with Crippen molar-refractivity contribution in [2.24, 2.45) is 5.92 Å². The summed E-state index contributed by atoms with van der Waals surface area (Å²) in [4.78, 5) is 31.2. The molecule has 256 valence electrons. The van der Waals surface area contributed by atoms with Crippen molar-refractivity contribution in [1.82, 2.24) is 20.2 Å². The Morgan fingerprint density at radius 1 is 0.957 bits per heavy atom. The summed E-state index contributed by atoms with van der Waals surface area (Å²) in [6.45, 7) is 18.4. The molecule has 0 radical (unpaired) electrons. The highest BCUT2D eigenvalue weighted by molar-refractivity contribution is 6.76. The van der Waals surface area contributed by atoms with Crippen LogP contribution < -0.4 is 15.4 Å². The second kappa shape index (κ2) is 14.4. The molecule has 0 saturated heterocycles. The van der Waals surface area contributed by atoms with Crippen molar-refractivity contribution in [3.05, 3.63) is 47.3 Å². The standard InChI is InChI=1S/C37H54N4O5Si/c1-24-9-16-31(45-22-26-10-11-26)30(21-24)29-17-18-38-33-32(25(2)41(34(29)33)23-44-19-20-47(6,7)8)35(42)39-27-12-14-28(15-13-27)40-36(43)46-37(3,4)5/h9,16-18,21,26-28H,10-15,19-20,22-23H2,1-8H3,(H,39,42)(H,40,43). The largest absolute Gasteiger partial charge is 0.493 e. The molecule has 0 bridgehead atoms. The first-order valence-corrected chi connectivity index (χ1v) is 21.0. The van der Waals surface area contributed by atoms with Crippen LogP contribution in [0.15, 0.2) is 30.5 Å². The van der Waals surface area contributed by atoms with Gasteiger partial charge in [0.2, 0.25) is 0 Å². The fourth-order valence-corrected chi connectivity index (χ4v) is 6.91. The van der Waals surface area contributed by atoms with Crippen LogP contribution in [-0.2, 0) is 16.2 Å². The summed E-state index contributed by atoms with van der Waals surface area (Å²) in [5.74, 6) is 1.35. The second-order valence-electron chi connectivity index (χ2n) is 15.7. The second-order valence-corrected chi connectivity index (χ2v) is 21.3. The maximum Gasteiger partial charge on any atom is 0.407 e. The Hall–Kier alpha value is -3.37. The zero-order chi connectivity index (χ0) is 33.9. The Balaban J connectivity index is 1.41. The van der Waals surface area contributed by atoms with Gasteiger partial charge in [-0.1, -0.05) is 31.3 Å². The number of nitrogens with one attached hydrogen (secondary N) is 2. The predicted octanol–water partition coefficient (Wildman–Crippen LogP) is 7.99. The molecule has 0 spiro atoms. The first-order chi connectivity index (χ1) is 22.2. The molecular formula is C37H54N4O5Si. The third-order valence-electron chi connectivity index (χ3n) is 9.02. The van der Waals surface area contributed by atoms with Crippen LogP contribution in [0.5, 0.6) is 5.75 Å². The number of carbonyl (C=O) groups is 2. The van der Waals surface area contributed by atoms with Gasteiger partial charge in [-0.3, -0.25) is 9.78 Å². The Morgan fingerprint density at radius 2 is 1.64 bits per heavy atom. The maximum atomic E-state index is 14.1. The van der Waals surface area contributed by atoms with Crippen LogP contribution in [0.25, 0.3) is 22.2 Å². The number of alkyl carbamates (subject to hydrolysis) is 1. The number of rotatable bonds is 12. The lowest BCUT2D eigenvalue weighted by molar-refractivity contribution is 0.0487. The van der Waals surface area contributed by atoms with Crippen LogP contribution in [0, 0.1) is 19.8 Å². The summed E-state index contributed by atoms with van der Waals surface area (Å²) in [6, 6.07) is 9.44. The number of carbonyl (C=O) groups excluding carboxylic acids is 2. The highest BCUT2D eigenvalue weighted by Crippen LogP contribution is 2.39. The van der Waals surface area contributed by atoms with Crippen LogP contribution in [-0.4, -0.2) is 60.5 Å². The van der Waals surface area contributed by atoms with Gasteiger partial charge in [0.25, 0.3) is 5.91 Å². The molecule has 2 aliphatic rings. The summed E-state index contributed by atoms with van der Waals surface area (Å²) in [5, 5.41) is 6.29. The number of amides is 2. The van der Waals surface area contributed by atoms with E-state index in [0.717, 1.165) is 65.4 Å². The highest BCUT2D eigenvalue weighted by atomic mass is 28.3. The fourth-order valence-electron chi connectivity index (χ4n) is 6.16. The summed E-state index contributed by atoms with van der Waals surface area (Å²) in [7, 11) is -1.27. The minimum atomic E-state index is -1.27. The number of pyridine rings is 1. The van der Waals surface area contributed by atoms with Gasteiger partial charge in [0.05, 0.1) is 17.7 Å². The Kier molecular flexibility index (Phi) is 10.7. The van der Waals surface area contributed by atoms with Gasteiger partial charge in [-0.25, -0.2) is 4.79 Å². The van der Waals surface area contributed by atoms with Gasteiger partial charge in [0, 0.05) is 49.8 Å². The number of aromatic nitrogens is 2. The number of benzene rings is 1. The molecule has 47 heavy (non-hydrogen) atoms. The molecule has 2 saturated carbocycles. The molecule has 2 fully saturated rings. The van der Waals surface area contributed by atoms with Crippen LogP contribution >= 0.6 is 0 Å². The molecule has 2 aromatic heterocycles. The van der Waals surface area contributed by atoms with E-state index in [4.69, 9.17) is 19.2 Å². The van der Waals surface area contributed by atoms with Gasteiger partial charge >= 0.3 is 6.09 Å². The van der Waals surface area contributed by atoms with E-state index >= 15 is 0 Å². The van der Waals surface area contributed by atoms with Crippen molar-refractivity contribution in [3.8, 4) is 16.9 Å². The van der Waals surface area contributed by atoms with Crippen molar-refractivity contribution in [1.29, 1.82) is 0 Å². The quantitative estimate of drug-likeness (QED) is 0.151. The lowest BCUT2D eigenvalue weighted by Gasteiger charge is -2.30. The van der Waals surface area contributed by atoms with Crippen molar-refractivity contribution >= 4 is 31.1 Å². The average molecular weight is 663 g/mol. The molecule has 5 rings (SSSR count). The monoisotopic (exact) mass is 662 g/mol. The molecule has 2 heterocycles. The van der Waals surface area contributed by atoms with E-state index in [1.807, 2.05) is 33.8 Å². The van der Waals surface area contributed by atoms with E-state index in [1.54, 1.807) is 6.20 Å². The molecule has 0 unspecified atom stereocenters. The molecular weight excluding hydrogens is 609 g/mol. The number of aryl methyl sites for hydroxylation is 1. The molecule has 1 aromatic carbocycles. The van der Waals surface area contributed by atoms with E-state index in [0.29, 0.717) is 36.9 Å². The molecule has 0 atom stereocenters. The van der Waals surface area contributed by atoms with Gasteiger partial charge in [0.1, 0.15) is 23.6 Å². The molecule has 2 amide bonds. The Bertz CT molecular complexity index is 1580.